The van der Waals surface area contributed by atoms with Gasteiger partial charge in [-0.15, -0.1) is 0 Å². The zero-order valence-corrected chi connectivity index (χ0v) is 11.4. The van der Waals surface area contributed by atoms with Gasteiger partial charge in [0.2, 0.25) is 10.0 Å². The van der Waals surface area contributed by atoms with E-state index in [4.69, 9.17) is 9.88 Å². The molecule has 7 nitrogen and oxygen atoms in total. The number of sulfonamides is 1. The summed E-state index contributed by atoms with van der Waals surface area (Å²) in [5, 5.41) is 11.3. The van der Waals surface area contributed by atoms with Crippen LogP contribution >= 0.6 is 0 Å². The van der Waals surface area contributed by atoms with E-state index in [0.29, 0.717) is 18.5 Å². The Balaban J connectivity index is 3.25. The van der Waals surface area contributed by atoms with Gasteiger partial charge in [0, 0.05) is 0 Å². The predicted octanol–water partition coefficient (Wildman–Crippen LogP) is 0.575. The number of ether oxygens (including phenoxy) is 1. The predicted molar refractivity (Wildman–Crippen MR) is 64.5 cm³/mol. The molecule has 0 bridgehead atoms. The monoisotopic (exact) mass is 275 g/mol. The Hall–Kier alpha value is -1.41. The number of H-pyrrole nitrogens is 1. The maximum atomic E-state index is 11.7. The van der Waals surface area contributed by atoms with Crippen molar-refractivity contribution in [1.82, 2.24) is 10.2 Å². The Morgan fingerprint density at radius 2 is 2.11 bits per heavy atom. The first-order valence-corrected chi connectivity index (χ1v) is 7.13. The number of hydrogen-bond donors (Lipinski definition) is 2. The molecule has 0 aliphatic rings. The summed E-state index contributed by atoms with van der Waals surface area (Å²) in [6, 6.07) is 0. The van der Waals surface area contributed by atoms with Crippen LogP contribution in [-0.2, 0) is 21.2 Å². The molecule has 0 aliphatic carbocycles. The molecule has 8 heteroatoms. The average molecular weight is 275 g/mol. The molecule has 0 unspecified atom stereocenters. The Morgan fingerprint density at radius 3 is 2.56 bits per heavy atom. The van der Waals surface area contributed by atoms with Crippen molar-refractivity contribution in [3.05, 3.63) is 11.4 Å². The molecule has 1 aromatic heterocycles. The summed E-state index contributed by atoms with van der Waals surface area (Å²) < 4.78 is 27.9. The van der Waals surface area contributed by atoms with Gasteiger partial charge in [0.05, 0.1) is 11.8 Å². The molecule has 0 radical (unpaired) electrons. The van der Waals surface area contributed by atoms with Crippen molar-refractivity contribution >= 4 is 16.0 Å². The van der Waals surface area contributed by atoms with E-state index < -0.39 is 16.0 Å². The summed E-state index contributed by atoms with van der Waals surface area (Å²) in [4.78, 5) is 11.4. The quantitative estimate of drug-likeness (QED) is 0.762. The number of nitrogens with one attached hydrogen (secondary N) is 1. The summed E-state index contributed by atoms with van der Waals surface area (Å²) >= 11 is 0. The molecule has 1 rings (SSSR count). The molecule has 1 heterocycles. The number of carbonyl (C=O) groups excluding carboxylic acids is 1. The Morgan fingerprint density at radius 1 is 1.50 bits per heavy atom. The standard InChI is InChI=1S/C10H17N3O4S/c1-4-5-7-9(18(11,15)16)8(13-12-7)10(14)17-6(2)3/h6H,4-5H2,1-3H3,(H,12,13)(H2,11,15,16). The lowest BCUT2D eigenvalue weighted by molar-refractivity contribution is 0.0366. The summed E-state index contributed by atoms with van der Waals surface area (Å²) in [5.74, 6) is -0.798. The molecule has 0 atom stereocenters. The minimum Gasteiger partial charge on any atom is -0.458 e. The number of aromatic amines is 1. The fourth-order valence-corrected chi connectivity index (χ4v) is 2.39. The number of carbonyl (C=O) groups is 1. The molecule has 1 aromatic rings. The molecule has 18 heavy (non-hydrogen) atoms. The highest BCUT2D eigenvalue weighted by molar-refractivity contribution is 7.89. The second-order valence-electron chi connectivity index (χ2n) is 4.13. The Bertz CT molecular complexity index is 533. The third-order valence-corrected chi connectivity index (χ3v) is 3.12. The summed E-state index contributed by atoms with van der Waals surface area (Å²) in [6.45, 7) is 5.20. The molecule has 0 spiro atoms. The SMILES string of the molecule is CCCc1[nH]nc(C(=O)OC(C)C)c1S(N)(=O)=O. The van der Waals surface area contributed by atoms with Crippen molar-refractivity contribution in [3.63, 3.8) is 0 Å². The van der Waals surface area contributed by atoms with Crippen LogP contribution in [0.25, 0.3) is 0 Å². The third kappa shape index (κ3) is 3.30. The number of aryl methyl sites for hydroxylation is 1. The highest BCUT2D eigenvalue weighted by Crippen LogP contribution is 2.19. The van der Waals surface area contributed by atoms with Crippen LogP contribution in [0, 0.1) is 0 Å². The highest BCUT2D eigenvalue weighted by atomic mass is 32.2. The van der Waals surface area contributed by atoms with E-state index in [0.717, 1.165) is 0 Å². The number of hydrogen-bond acceptors (Lipinski definition) is 5. The molecule has 0 saturated heterocycles. The number of esters is 1. The Labute approximate surface area is 106 Å². The van der Waals surface area contributed by atoms with E-state index in [-0.39, 0.29) is 16.7 Å². The number of nitrogens with zero attached hydrogens (tertiary/aromatic N) is 1. The summed E-state index contributed by atoms with van der Waals surface area (Å²) in [5.41, 5.74) is 0.0466. The first-order chi connectivity index (χ1) is 8.27. The topological polar surface area (TPSA) is 115 Å². The van der Waals surface area contributed by atoms with Crippen molar-refractivity contribution in [2.24, 2.45) is 5.14 Å². The lowest BCUT2D eigenvalue weighted by Gasteiger charge is -2.07. The third-order valence-electron chi connectivity index (χ3n) is 2.11. The van der Waals surface area contributed by atoms with Gasteiger partial charge in [0.1, 0.15) is 4.90 Å². The van der Waals surface area contributed by atoms with Gasteiger partial charge < -0.3 is 4.74 Å². The van der Waals surface area contributed by atoms with Crippen LogP contribution in [0.15, 0.2) is 4.90 Å². The molecular weight excluding hydrogens is 258 g/mol. The zero-order valence-electron chi connectivity index (χ0n) is 10.6. The Kier molecular flexibility index (Phi) is 4.47. The van der Waals surface area contributed by atoms with Crippen LogP contribution < -0.4 is 5.14 Å². The largest absolute Gasteiger partial charge is 0.458 e. The van der Waals surface area contributed by atoms with E-state index in [2.05, 4.69) is 10.2 Å². The second-order valence-corrected chi connectivity index (χ2v) is 5.63. The molecule has 102 valence electrons. The lowest BCUT2D eigenvalue weighted by atomic mass is 10.2. The maximum Gasteiger partial charge on any atom is 0.360 e. The molecule has 0 amide bonds. The van der Waals surface area contributed by atoms with Crippen molar-refractivity contribution < 1.29 is 17.9 Å². The van der Waals surface area contributed by atoms with Gasteiger partial charge in [0.15, 0.2) is 5.69 Å². The van der Waals surface area contributed by atoms with Crippen molar-refractivity contribution in [2.45, 2.75) is 44.6 Å². The normalized spacial score (nSPS) is 11.8. The average Bonchev–Trinajstić information content (AvgIpc) is 2.60. The summed E-state index contributed by atoms with van der Waals surface area (Å²) in [6.07, 6.45) is 0.772. The maximum absolute atomic E-state index is 11.7. The molecular formula is C10H17N3O4S. The summed E-state index contributed by atoms with van der Waals surface area (Å²) in [7, 11) is -4.02. The molecule has 0 fully saturated rings. The van der Waals surface area contributed by atoms with Gasteiger partial charge in [-0.2, -0.15) is 5.10 Å². The van der Waals surface area contributed by atoms with Crippen molar-refractivity contribution in [3.8, 4) is 0 Å². The number of primary sulfonamides is 1. The van der Waals surface area contributed by atoms with Gasteiger partial charge in [-0.25, -0.2) is 18.4 Å². The second kappa shape index (κ2) is 5.49. The van der Waals surface area contributed by atoms with Crippen LogP contribution in [0.2, 0.25) is 0 Å². The first kappa shape index (κ1) is 14.7. The number of aromatic nitrogens is 2. The van der Waals surface area contributed by atoms with Gasteiger partial charge in [0.25, 0.3) is 0 Å². The van der Waals surface area contributed by atoms with Crippen LogP contribution in [0.4, 0.5) is 0 Å². The van der Waals surface area contributed by atoms with Crippen LogP contribution in [0.3, 0.4) is 0 Å². The van der Waals surface area contributed by atoms with Gasteiger partial charge in [-0.3, -0.25) is 5.10 Å². The van der Waals surface area contributed by atoms with E-state index in [1.807, 2.05) is 6.92 Å². The minimum absolute atomic E-state index is 0.269. The van der Waals surface area contributed by atoms with Gasteiger partial charge in [-0.05, 0) is 20.3 Å². The van der Waals surface area contributed by atoms with Gasteiger partial charge in [-0.1, -0.05) is 13.3 Å². The molecule has 0 saturated carbocycles. The van der Waals surface area contributed by atoms with Crippen molar-refractivity contribution in [2.75, 3.05) is 0 Å². The smallest absolute Gasteiger partial charge is 0.360 e. The van der Waals surface area contributed by atoms with E-state index >= 15 is 0 Å². The molecule has 0 aliphatic heterocycles. The number of rotatable bonds is 5. The van der Waals surface area contributed by atoms with Crippen LogP contribution in [-0.4, -0.2) is 30.7 Å². The van der Waals surface area contributed by atoms with Crippen LogP contribution in [0.5, 0.6) is 0 Å². The van der Waals surface area contributed by atoms with E-state index in [1.54, 1.807) is 13.8 Å². The zero-order chi connectivity index (χ0) is 13.9. The molecule has 0 aromatic carbocycles. The fraction of sp³-hybridized carbons (Fsp3) is 0.600. The lowest BCUT2D eigenvalue weighted by Crippen LogP contribution is -2.20. The highest BCUT2D eigenvalue weighted by Gasteiger charge is 2.28. The van der Waals surface area contributed by atoms with Crippen molar-refractivity contribution in [1.29, 1.82) is 0 Å². The molecule has 3 N–H and O–H groups in total. The van der Waals surface area contributed by atoms with E-state index in [1.165, 1.54) is 0 Å². The van der Waals surface area contributed by atoms with Crippen LogP contribution in [0.1, 0.15) is 43.4 Å². The fourth-order valence-electron chi connectivity index (χ4n) is 1.50. The first-order valence-electron chi connectivity index (χ1n) is 5.58. The van der Waals surface area contributed by atoms with E-state index in [9.17, 15) is 13.2 Å². The minimum atomic E-state index is -4.02. The van der Waals surface area contributed by atoms with Gasteiger partial charge >= 0.3 is 5.97 Å². The number of nitrogens with two attached hydrogens (primary N) is 1.